The lowest BCUT2D eigenvalue weighted by Crippen LogP contribution is -2.27. The van der Waals surface area contributed by atoms with Crippen LogP contribution in [0.1, 0.15) is 30.1 Å². The van der Waals surface area contributed by atoms with Crippen molar-refractivity contribution in [3.05, 3.63) is 17.5 Å². The Balaban J connectivity index is 1.84. The molecule has 1 aromatic heterocycles. The van der Waals surface area contributed by atoms with Crippen LogP contribution in [0.15, 0.2) is 6.20 Å². The summed E-state index contributed by atoms with van der Waals surface area (Å²) in [5, 5.41) is 7.96. The number of nitrogens with zero attached hydrogens (tertiary/aromatic N) is 2. The van der Waals surface area contributed by atoms with Crippen LogP contribution in [0.2, 0.25) is 0 Å². The van der Waals surface area contributed by atoms with Crippen molar-refractivity contribution in [1.82, 2.24) is 15.1 Å². The second kappa shape index (κ2) is 6.13. The molecule has 0 saturated heterocycles. The van der Waals surface area contributed by atoms with Crippen molar-refractivity contribution < 1.29 is 0 Å². The van der Waals surface area contributed by atoms with Gasteiger partial charge < -0.3 is 5.32 Å². The summed E-state index contributed by atoms with van der Waals surface area (Å²) in [7, 11) is 2.03. The zero-order valence-corrected chi connectivity index (χ0v) is 11.1. The molecule has 0 fully saturated rings. The molecule has 4 heteroatoms. The first kappa shape index (κ1) is 12.5. The number of thioether (sulfide) groups is 1. The van der Waals surface area contributed by atoms with E-state index in [1.54, 1.807) is 0 Å². The highest BCUT2D eigenvalue weighted by Crippen LogP contribution is 2.28. The maximum absolute atomic E-state index is 5.22. The summed E-state index contributed by atoms with van der Waals surface area (Å²) in [6.45, 7) is 1.02. The van der Waals surface area contributed by atoms with Gasteiger partial charge in [0.1, 0.15) is 0 Å². The molecule has 0 saturated carbocycles. The molecule has 17 heavy (non-hydrogen) atoms. The third kappa shape index (κ3) is 3.05. The molecule has 3 nitrogen and oxygen atoms in total. The molecule has 1 aliphatic rings. The van der Waals surface area contributed by atoms with E-state index in [4.69, 9.17) is 6.42 Å². The molecule has 0 radical (unpaired) electrons. The van der Waals surface area contributed by atoms with Gasteiger partial charge in [-0.3, -0.25) is 4.68 Å². The van der Waals surface area contributed by atoms with Gasteiger partial charge in [-0.15, -0.1) is 18.2 Å². The van der Waals surface area contributed by atoms with E-state index >= 15 is 0 Å². The molecule has 0 spiro atoms. The lowest BCUT2D eigenvalue weighted by Gasteiger charge is -2.23. The Morgan fingerprint density at radius 3 is 3.41 bits per heavy atom. The number of aryl methyl sites for hydroxylation is 1. The summed E-state index contributed by atoms with van der Waals surface area (Å²) in [5.41, 5.74) is 2.78. The van der Waals surface area contributed by atoms with Crippen molar-refractivity contribution in [3.8, 4) is 12.3 Å². The van der Waals surface area contributed by atoms with E-state index in [2.05, 4.69) is 16.3 Å². The van der Waals surface area contributed by atoms with Crippen LogP contribution in [0.3, 0.4) is 0 Å². The molecule has 1 unspecified atom stereocenters. The van der Waals surface area contributed by atoms with E-state index in [1.807, 2.05) is 29.7 Å². The molecular formula is C13H19N3S. The lowest BCUT2D eigenvalue weighted by atomic mass is 9.93. The fraction of sp³-hybridized carbons (Fsp3) is 0.615. The molecule has 2 rings (SSSR count). The van der Waals surface area contributed by atoms with Crippen molar-refractivity contribution >= 4 is 11.8 Å². The Morgan fingerprint density at radius 2 is 2.59 bits per heavy atom. The van der Waals surface area contributed by atoms with Crippen LogP contribution >= 0.6 is 11.8 Å². The predicted molar refractivity (Wildman–Crippen MR) is 73.0 cm³/mol. The molecule has 1 aromatic rings. The fourth-order valence-electron chi connectivity index (χ4n) is 2.35. The number of aromatic nitrogens is 2. The van der Waals surface area contributed by atoms with E-state index in [0.29, 0.717) is 6.04 Å². The molecule has 0 aromatic carbocycles. The zero-order valence-electron chi connectivity index (χ0n) is 10.3. The molecule has 1 atom stereocenters. The minimum Gasteiger partial charge on any atom is -0.309 e. The van der Waals surface area contributed by atoms with Gasteiger partial charge in [0.05, 0.1) is 11.9 Å². The Bertz CT molecular complexity index is 405. The molecule has 0 bridgehead atoms. The summed E-state index contributed by atoms with van der Waals surface area (Å²) in [6.07, 6.45) is 10.9. The Morgan fingerprint density at radius 1 is 1.71 bits per heavy atom. The van der Waals surface area contributed by atoms with E-state index in [-0.39, 0.29) is 0 Å². The predicted octanol–water partition coefficient (Wildman–Crippen LogP) is 1.75. The molecule has 92 valence electrons. The summed E-state index contributed by atoms with van der Waals surface area (Å²) >= 11 is 1.81. The van der Waals surface area contributed by atoms with Gasteiger partial charge in [0.2, 0.25) is 0 Å². The quantitative estimate of drug-likeness (QED) is 0.637. The number of nitrogens with one attached hydrogen (secondary N) is 1. The van der Waals surface area contributed by atoms with Crippen molar-refractivity contribution in [1.29, 1.82) is 0 Å². The number of hydrogen-bond donors (Lipinski definition) is 1. The second-order valence-corrected chi connectivity index (χ2v) is 5.43. The van der Waals surface area contributed by atoms with Gasteiger partial charge in [0.15, 0.2) is 0 Å². The number of hydrogen-bond acceptors (Lipinski definition) is 3. The van der Waals surface area contributed by atoms with Gasteiger partial charge in [-0.25, -0.2) is 0 Å². The highest BCUT2D eigenvalue weighted by Gasteiger charge is 2.22. The maximum Gasteiger partial charge on any atom is 0.0545 e. The SMILES string of the molecule is C#CCSCCNC1CCCc2c1cnn2C. The fourth-order valence-corrected chi connectivity index (χ4v) is 2.88. The summed E-state index contributed by atoms with van der Waals surface area (Å²) in [4.78, 5) is 0. The molecule has 0 aliphatic heterocycles. The van der Waals surface area contributed by atoms with Crippen LogP contribution in [-0.2, 0) is 13.5 Å². The van der Waals surface area contributed by atoms with Crippen LogP contribution in [-0.4, -0.2) is 27.8 Å². The number of rotatable bonds is 5. The van der Waals surface area contributed by atoms with Gasteiger partial charge in [-0.2, -0.15) is 5.10 Å². The molecule has 1 heterocycles. The van der Waals surface area contributed by atoms with E-state index in [9.17, 15) is 0 Å². The minimum absolute atomic E-state index is 0.485. The van der Waals surface area contributed by atoms with Crippen molar-refractivity contribution in [2.75, 3.05) is 18.1 Å². The Kier molecular flexibility index (Phi) is 4.52. The Labute approximate surface area is 107 Å². The molecule has 1 N–H and O–H groups in total. The smallest absolute Gasteiger partial charge is 0.0545 e. The summed E-state index contributed by atoms with van der Waals surface area (Å²) in [5.74, 6) is 4.54. The van der Waals surface area contributed by atoms with Gasteiger partial charge in [-0.05, 0) is 19.3 Å². The first-order valence-corrected chi connectivity index (χ1v) is 7.23. The average Bonchev–Trinajstić information content (AvgIpc) is 2.72. The van der Waals surface area contributed by atoms with Gasteiger partial charge in [0, 0.05) is 36.6 Å². The average molecular weight is 249 g/mol. The van der Waals surface area contributed by atoms with Crippen molar-refractivity contribution in [2.24, 2.45) is 7.05 Å². The number of terminal acetylenes is 1. The van der Waals surface area contributed by atoms with Gasteiger partial charge in [-0.1, -0.05) is 5.92 Å². The van der Waals surface area contributed by atoms with E-state index < -0.39 is 0 Å². The summed E-state index contributed by atoms with van der Waals surface area (Å²) in [6, 6.07) is 0.485. The third-order valence-corrected chi connectivity index (χ3v) is 4.06. The lowest BCUT2D eigenvalue weighted by molar-refractivity contribution is 0.465. The monoisotopic (exact) mass is 249 g/mol. The summed E-state index contributed by atoms with van der Waals surface area (Å²) < 4.78 is 2.01. The highest BCUT2D eigenvalue weighted by atomic mass is 32.2. The largest absolute Gasteiger partial charge is 0.309 e. The van der Waals surface area contributed by atoms with Crippen LogP contribution in [0.25, 0.3) is 0 Å². The Hall–Kier alpha value is -0.920. The first-order chi connectivity index (χ1) is 8.33. The molecular weight excluding hydrogens is 230 g/mol. The van der Waals surface area contributed by atoms with E-state index in [0.717, 1.165) is 24.5 Å². The standard InChI is InChI=1S/C13H19N3S/c1-3-8-17-9-7-14-12-5-4-6-13-11(12)10-15-16(13)2/h1,10,12,14H,4-9H2,2H3. The molecule has 0 amide bonds. The normalized spacial score (nSPS) is 18.7. The number of fused-ring (bicyclic) bond motifs is 1. The topological polar surface area (TPSA) is 29.9 Å². The van der Waals surface area contributed by atoms with Crippen LogP contribution < -0.4 is 5.32 Å². The maximum atomic E-state index is 5.22. The molecule has 1 aliphatic carbocycles. The minimum atomic E-state index is 0.485. The first-order valence-electron chi connectivity index (χ1n) is 6.08. The highest BCUT2D eigenvalue weighted by molar-refractivity contribution is 7.99. The van der Waals surface area contributed by atoms with E-state index in [1.165, 1.54) is 24.1 Å². The van der Waals surface area contributed by atoms with Gasteiger partial charge >= 0.3 is 0 Å². The van der Waals surface area contributed by atoms with Crippen LogP contribution in [0.5, 0.6) is 0 Å². The van der Waals surface area contributed by atoms with Crippen LogP contribution in [0, 0.1) is 12.3 Å². The third-order valence-electron chi connectivity index (χ3n) is 3.20. The van der Waals surface area contributed by atoms with Gasteiger partial charge in [0.25, 0.3) is 0 Å². The van der Waals surface area contributed by atoms with Crippen LogP contribution in [0.4, 0.5) is 0 Å². The van der Waals surface area contributed by atoms with Crippen molar-refractivity contribution in [3.63, 3.8) is 0 Å². The second-order valence-electron chi connectivity index (χ2n) is 4.33. The van der Waals surface area contributed by atoms with Crippen molar-refractivity contribution in [2.45, 2.75) is 25.3 Å². The zero-order chi connectivity index (χ0) is 12.1.